The van der Waals surface area contributed by atoms with E-state index in [9.17, 15) is 13.2 Å². The highest BCUT2D eigenvalue weighted by Gasteiger charge is 2.48. The highest BCUT2D eigenvalue weighted by atomic mass is 32.2. The fraction of sp³-hybridized carbons (Fsp3) is 0.875. The molecule has 0 spiro atoms. The van der Waals surface area contributed by atoms with Gasteiger partial charge in [-0.3, -0.25) is 4.79 Å². The van der Waals surface area contributed by atoms with Gasteiger partial charge in [-0.15, -0.1) is 0 Å². The summed E-state index contributed by atoms with van der Waals surface area (Å²) in [6.07, 6.45) is 1.00. The van der Waals surface area contributed by atoms with Crippen LogP contribution in [-0.2, 0) is 14.8 Å². The van der Waals surface area contributed by atoms with E-state index in [1.165, 1.54) is 13.8 Å². The number of nitrogens with zero attached hydrogens (tertiary/aromatic N) is 1. The molecule has 0 aromatic carbocycles. The summed E-state index contributed by atoms with van der Waals surface area (Å²) in [4.78, 5) is 11.0. The molecule has 0 amide bonds. The summed E-state index contributed by atoms with van der Waals surface area (Å²) in [5, 5.41) is 9.00. The predicted octanol–water partition coefficient (Wildman–Crippen LogP) is 0.275. The Morgan fingerprint density at radius 1 is 1.57 bits per heavy atom. The normalized spacial score (nSPS) is 29.3. The number of carbonyl (C=O) groups is 1. The molecule has 0 aromatic heterocycles. The van der Waals surface area contributed by atoms with Crippen LogP contribution in [0.25, 0.3) is 0 Å². The maximum Gasteiger partial charge on any atom is 0.324 e. The molecule has 82 valence electrons. The Morgan fingerprint density at radius 2 is 2.14 bits per heavy atom. The molecule has 0 saturated carbocycles. The van der Waals surface area contributed by atoms with Gasteiger partial charge in [0.1, 0.15) is 5.54 Å². The van der Waals surface area contributed by atoms with Crippen LogP contribution >= 0.6 is 0 Å². The quantitative estimate of drug-likeness (QED) is 0.742. The highest BCUT2D eigenvalue weighted by Crippen LogP contribution is 2.31. The van der Waals surface area contributed by atoms with E-state index in [1.807, 2.05) is 0 Å². The maximum atomic E-state index is 11.6. The fourth-order valence-electron chi connectivity index (χ4n) is 1.75. The number of hydrogen-bond donors (Lipinski definition) is 1. The lowest BCUT2D eigenvalue weighted by Gasteiger charge is -2.29. The molecule has 1 fully saturated rings. The third kappa shape index (κ3) is 1.64. The number of hydrogen-bond acceptors (Lipinski definition) is 3. The van der Waals surface area contributed by atoms with Crippen molar-refractivity contribution in [3.8, 4) is 0 Å². The van der Waals surface area contributed by atoms with E-state index >= 15 is 0 Å². The van der Waals surface area contributed by atoms with Crippen LogP contribution in [0.5, 0.6) is 0 Å². The molecule has 5 nitrogen and oxygen atoms in total. The zero-order chi connectivity index (χ0) is 11.0. The number of aliphatic carboxylic acids is 1. The van der Waals surface area contributed by atoms with E-state index in [2.05, 4.69) is 0 Å². The molecule has 1 saturated heterocycles. The minimum Gasteiger partial charge on any atom is -0.480 e. The van der Waals surface area contributed by atoms with E-state index in [1.54, 1.807) is 0 Å². The van der Waals surface area contributed by atoms with E-state index in [4.69, 9.17) is 5.11 Å². The van der Waals surface area contributed by atoms with Crippen molar-refractivity contribution in [1.29, 1.82) is 0 Å². The van der Waals surface area contributed by atoms with Crippen molar-refractivity contribution >= 4 is 16.0 Å². The van der Waals surface area contributed by atoms with Gasteiger partial charge in [0.25, 0.3) is 0 Å². The van der Waals surface area contributed by atoms with Crippen LogP contribution in [0.1, 0.15) is 26.7 Å². The fourth-order valence-corrected chi connectivity index (χ4v) is 3.26. The first kappa shape index (κ1) is 11.5. The molecule has 1 heterocycles. The van der Waals surface area contributed by atoms with E-state index < -0.39 is 21.5 Å². The summed E-state index contributed by atoms with van der Waals surface area (Å²) in [6.45, 7) is 3.31. The van der Waals surface area contributed by atoms with Crippen molar-refractivity contribution in [2.24, 2.45) is 0 Å². The van der Waals surface area contributed by atoms with Crippen molar-refractivity contribution < 1.29 is 18.3 Å². The molecular weight excluding hydrogens is 206 g/mol. The van der Waals surface area contributed by atoms with Crippen LogP contribution < -0.4 is 0 Å². The summed E-state index contributed by atoms with van der Waals surface area (Å²) in [6, 6.07) is 0. The summed E-state index contributed by atoms with van der Waals surface area (Å²) >= 11 is 0. The average molecular weight is 221 g/mol. The van der Waals surface area contributed by atoms with Gasteiger partial charge in [-0.05, 0) is 26.7 Å². The van der Waals surface area contributed by atoms with Gasteiger partial charge < -0.3 is 5.11 Å². The second kappa shape index (κ2) is 3.51. The molecule has 0 radical (unpaired) electrons. The summed E-state index contributed by atoms with van der Waals surface area (Å²) < 4.78 is 24.3. The number of carboxylic acid groups (broad SMARTS) is 1. The second-order valence-corrected chi connectivity index (χ2v) is 5.84. The molecule has 0 bridgehead atoms. The number of sulfonamides is 1. The van der Waals surface area contributed by atoms with Crippen molar-refractivity contribution in [3.63, 3.8) is 0 Å². The second-order valence-electron chi connectivity index (χ2n) is 3.66. The van der Waals surface area contributed by atoms with Gasteiger partial charge in [0.15, 0.2) is 0 Å². The average Bonchev–Trinajstić information content (AvgIpc) is 2.49. The van der Waals surface area contributed by atoms with Crippen molar-refractivity contribution in [2.45, 2.75) is 32.2 Å². The van der Waals surface area contributed by atoms with Crippen LogP contribution in [0.4, 0.5) is 0 Å². The Hall–Kier alpha value is -0.620. The Labute approximate surface area is 83.8 Å². The van der Waals surface area contributed by atoms with Gasteiger partial charge in [-0.2, -0.15) is 4.31 Å². The minimum atomic E-state index is -3.40. The molecule has 0 aromatic rings. The Balaban J connectivity index is 3.07. The molecule has 6 heteroatoms. The summed E-state index contributed by atoms with van der Waals surface area (Å²) in [5.41, 5.74) is -1.24. The zero-order valence-electron chi connectivity index (χ0n) is 8.36. The third-order valence-electron chi connectivity index (χ3n) is 2.74. The van der Waals surface area contributed by atoms with Gasteiger partial charge in [0.2, 0.25) is 10.0 Å². The smallest absolute Gasteiger partial charge is 0.324 e. The summed E-state index contributed by atoms with van der Waals surface area (Å²) in [7, 11) is -3.40. The monoisotopic (exact) mass is 221 g/mol. The SMILES string of the molecule is CCS(=O)(=O)N1CCCC1(C)C(=O)O. The molecule has 1 unspecified atom stereocenters. The zero-order valence-corrected chi connectivity index (χ0v) is 9.17. The van der Waals surface area contributed by atoms with Crippen LogP contribution in [0.2, 0.25) is 0 Å². The largest absolute Gasteiger partial charge is 0.480 e. The van der Waals surface area contributed by atoms with Gasteiger partial charge in [0.05, 0.1) is 5.75 Å². The molecule has 0 aliphatic carbocycles. The van der Waals surface area contributed by atoms with E-state index in [0.717, 1.165) is 4.31 Å². The van der Waals surface area contributed by atoms with Gasteiger partial charge >= 0.3 is 5.97 Å². The first-order valence-corrected chi connectivity index (χ1v) is 6.19. The van der Waals surface area contributed by atoms with Crippen LogP contribution in [0.3, 0.4) is 0 Å². The Morgan fingerprint density at radius 3 is 2.57 bits per heavy atom. The van der Waals surface area contributed by atoms with Crippen LogP contribution in [-0.4, -0.2) is 41.6 Å². The standard InChI is InChI=1S/C8H15NO4S/c1-3-14(12,13)9-6-4-5-8(9,2)7(10)11/h3-6H2,1-2H3,(H,10,11). The molecule has 1 atom stereocenters. The Bertz CT molecular complexity index is 337. The molecular formula is C8H15NO4S. The molecule has 1 aliphatic heterocycles. The van der Waals surface area contributed by atoms with Gasteiger partial charge in [-0.25, -0.2) is 8.42 Å². The summed E-state index contributed by atoms with van der Waals surface area (Å²) in [5.74, 6) is -1.11. The third-order valence-corrected chi connectivity index (χ3v) is 4.72. The molecule has 1 aliphatic rings. The van der Waals surface area contributed by atoms with Crippen LogP contribution in [0, 0.1) is 0 Å². The first-order valence-electron chi connectivity index (χ1n) is 4.58. The lowest BCUT2D eigenvalue weighted by atomic mass is 10.0. The van der Waals surface area contributed by atoms with Crippen molar-refractivity contribution in [1.82, 2.24) is 4.31 Å². The number of carboxylic acids is 1. The molecule has 14 heavy (non-hydrogen) atoms. The van der Waals surface area contributed by atoms with Gasteiger partial charge in [-0.1, -0.05) is 0 Å². The molecule has 1 N–H and O–H groups in total. The Kier molecular flexibility index (Phi) is 2.87. The topological polar surface area (TPSA) is 74.7 Å². The highest BCUT2D eigenvalue weighted by molar-refractivity contribution is 7.89. The number of rotatable bonds is 3. The van der Waals surface area contributed by atoms with E-state index in [0.29, 0.717) is 19.4 Å². The van der Waals surface area contributed by atoms with Gasteiger partial charge in [0, 0.05) is 6.54 Å². The van der Waals surface area contributed by atoms with E-state index in [-0.39, 0.29) is 5.75 Å². The van der Waals surface area contributed by atoms with Crippen LogP contribution in [0.15, 0.2) is 0 Å². The lowest BCUT2D eigenvalue weighted by molar-refractivity contribution is -0.146. The minimum absolute atomic E-state index is 0.0458. The predicted molar refractivity (Wildman–Crippen MR) is 51.4 cm³/mol. The van der Waals surface area contributed by atoms with Crippen molar-refractivity contribution in [3.05, 3.63) is 0 Å². The van der Waals surface area contributed by atoms with Crippen molar-refractivity contribution in [2.75, 3.05) is 12.3 Å². The first-order chi connectivity index (χ1) is 6.34. The molecule has 1 rings (SSSR count). The lowest BCUT2D eigenvalue weighted by Crippen LogP contribution is -2.51. The maximum absolute atomic E-state index is 11.6.